The van der Waals surface area contributed by atoms with Gasteiger partial charge in [-0.3, -0.25) is 4.79 Å². The Hall–Kier alpha value is -1.17. The standard InChI is InChI=1S/C13H15BrN2O2/c14-11-2-3-12-10(9-11)1-4-13(17)16(12)6-8-18-7-5-15/h1-4,9H,5-8,15H2. The van der Waals surface area contributed by atoms with E-state index < -0.39 is 0 Å². The van der Waals surface area contributed by atoms with E-state index in [0.717, 1.165) is 15.4 Å². The second-order valence-corrected chi connectivity index (χ2v) is 4.84. The van der Waals surface area contributed by atoms with Crippen LogP contribution in [0.15, 0.2) is 39.6 Å². The summed E-state index contributed by atoms with van der Waals surface area (Å²) < 4.78 is 8.04. The van der Waals surface area contributed by atoms with Crippen LogP contribution in [0, 0.1) is 0 Å². The highest BCUT2D eigenvalue weighted by Crippen LogP contribution is 2.18. The Morgan fingerprint density at radius 2 is 2.06 bits per heavy atom. The summed E-state index contributed by atoms with van der Waals surface area (Å²) >= 11 is 3.42. The van der Waals surface area contributed by atoms with Gasteiger partial charge in [-0.25, -0.2) is 0 Å². The molecule has 0 saturated heterocycles. The molecule has 0 saturated carbocycles. The fraction of sp³-hybridized carbons (Fsp3) is 0.308. The Kier molecular flexibility index (Phi) is 4.52. The largest absolute Gasteiger partial charge is 0.378 e. The summed E-state index contributed by atoms with van der Waals surface area (Å²) in [6, 6.07) is 9.27. The Bertz CT molecular complexity index is 595. The summed E-state index contributed by atoms with van der Waals surface area (Å²) in [7, 11) is 0. The zero-order valence-electron chi connectivity index (χ0n) is 9.93. The first kappa shape index (κ1) is 13.3. The number of aromatic nitrogens is 1. The van der Waals surface area contributed by atoms with Crippen LogP contribution < -0.4 is 11.3 Å². The van der Waals surface area contributed by atoms with Gasteiger partial charge in [-0.15, -0.1) is 0 Å². The predicted molar refractivity (Wildman–Crippen MR) is 75.8 cm³/mol. The SMILES string of the molecule is NCCOCCn1c(=O)ccc2cc(Br)ccc21. The summed E-state index contributed by atoms with van der Waals surface area (Å²) in [5.74, 6) is 0. The van der Waals surface area contributed by atoms with Gasteiger partial charge < -0.3 is 15.0 Å². The lowest BCUT2D eigenvalue weighted by Gasteiger charge is -2.10. The quantitative estimate of drug-likeness (QED) is 0.856. The fourth-order valence-corrected chi connectivity index (χ4v) is 2.23. The molecular weight excluding hydrogens is 296 g/mol. The van der Waals surface area contributed by atoms with Gasteiger partial charge in [0.1, 0.15) is 0 Å². The maximum atomic E-state index is 11.9. The molecule has 0 aliphatic rings. The molecule has 0 fully saturated rings. The number of nitrogens with zero attached hydrogens (tertiary/aromatic N) is 1. The zero-order chi connectivity index (χ0) is 13.0. The van der Waals surface area contributed by atoms with E-state index >= 15 is 0 Å². The molecule has 0 spiro atoms. The van der Waals surface area contributed by atoms with Crippen LogP contribution in [0.25, 0.3) is 10.9 Å². The normalized spacial score (nSPS) is 11.0. The lowest BCUT2D eigenvalue weighted by Crippen LogP contribution is -2.22. The highest BCUT2D eigenvalue weighted by atomic mass is 79.9. The van der Waals surface area contributed by atoms with E-state index in [0.29, 0.717) is 26.3 Å². The predicted octanol–water partition coefficient (Wildman–Crippen LogP) is 1.74. The van der Waals surface area contributed by atoms with E-state index in [9.17, 15) is 4.79 Å². The van der Waals surface area contributed by atoms with Crippen molar-refractivity contribution in [1.29, 1.82) is 0 Å². The molecule has 0 aliphatic carbocycles. The summed E-state index contributed by atoms with van der Waals surface area (Å²) in [6.07, 6.45) is 0. The van der Waals surface area contributed by atoms with Crippen LogP contribution in [0.3, 0.4) is 0 Å². The van der Waals surface area contributed by atoms with E-state index in [-0.39, 0.29) is 5.56 Å². The zero-order valence-corrected chi connectivity index (χ0v) is 11.5. The molecule has 0 bridgehead atoms. The maximum absolute atomic E-state index is 11.9. The monoisotopic (exact) mass is 310 g/mol. The molecule has 0 radical (unpaired) electrons. The number of nitrogens with two attached hydrogens (primary N) is 1. The molecule has 5 heteroatoms. The van der Waals surface area contributed by atoms with Gasteiger partial charge >= 0.3 is 0 Å². The molecule has 1 aromatic heterocycles. The summed E-state index contributed by atoms with van der Waals surface area (Å²) in [5.41, 5.74) is 6.25. The highest BCUT2D eigenvalue weighted by molar-refractivity contribution is 9.10. The van der Waals surface area contributed by atoms with Gasteiger partial charge in [-0.2, -0.15) is 0 Å². The van der Waals surface area contributed by atoms with Gasteiger partial charge in [-0.05, 0) is 29.7 Å². The molecule has 18 heavy (non-hydrogen) atoms. The molecular formula is C13H15BrN2O2. The summed E-state index contributed by atoms with van der Waals surface area (Å²) in [6.45, 7) is 2.05. The van der Waals surface area contributed by atoms with Crippen LogP contribution in [-0.4, -0.2) is 24.3 Å². The number of hydrogen-bond donors (Lipinski definition) is 1. The molecule has 1 aromatic carbocycles. The third-order valence-electron chi connectivity index (χ3n) is 2.67. The first-order valence-electron chi connectivity index (χ1n) is 5.79. The Balaban J connectivity index is 2.30. The van der Waals surface area contributed by atoms with Crippen molar-refractivity contribution in [1.82, 2.24) is 4.57 Å². The van der Waals surface area contributed by atoms with Crippen LogP contribution in [0.1, 0.15) is 0 Å². The van der Waals surface area contributed by atoms with Crippen molar-refractivity contribution >= 4 is 26.8 Å². The lowest BCUT2D eigenvalue weighted by atomic mass is 10.2. The second kappa shape index (κ2) is 6.13. The van der Waals surface area contributed by atoms with E-state index in [1.165, 1.54) is 0 Å². The maximum Gasteiger partial charge on any atom is 0.251 e. The van der Waals surface area contributed by atoms with Crippen molar-refractivity contribution in [3.05, 3.63) is 45.2 Å². The van der Waals surface area contributed by atoms with Gasteiger partial charge in [0.25, 0.3) is 5.56 Å². The highest BCUT2D eigenvalue weighted by Gasteiger charge is 2.03. The third kappa shape index (κ3) is 2.98. The molecule has 2 aromatic rings. The van der Waals surface area contributed by atoms with E-state index in [4.69, 9.17) is 10.5 Å². The van der Waals surface area contributed by atoms with Crippen molar-refractivity contribution in [2.24, 2.45) is 5.73 Å². The second-order valence-electron chi connectivity index (χ2n) is 3.93. The topological polar surface area (TPSA) is 57.2 Å². The number of halogens is 1. The molecule has 2 N–H and O–H groups in total. The van der Waals surface area contributed by atoms with Crippen molar-refractivity contribution < 1.29 is 4.74 Å². The van der Waals surface area contributed by atoms with Crippen molar-refractivity contribution in [2.45, 2.75) is 6.54 Å². The number of ether oxygens (including phenoxy) is 1. The minimum atomic E-state index is -0.0128. The first-order valence-corrected chi connectivity index (χ1v) is 6.58. The average Bonchev–Trinajstić information content (AvgIpc) is 2.37. The third-order valence-corrected chi connectivity index (χ3v) is 3.17. The Labute approximate surface area is 113 Å². The van der Waals surface area contributed by atoms with Crippen molar-refractivity contribution in [3.63, 3.8) is 0 Å². The van der Waals surface area contributed by atoms with Crippen LogP contribution in [0.5, 0.6) is 0 Å². The number of pyridine rings is 1. The smallest absolute Gasteiger partial charge is 0.251 e. The van der Waals surface area contributed by atoms with Crippen LogP contribution in [0.4, 0.5) is 0 Å². The minimum absolute atomic E-state index is 0.0128. The molecule has 2 rings (SSSR count). The Morgan fingerprint density at radius 1 is 1.22 bits per heavy atom. The van der Waals surface area contributed by atoms with Gasteiger partial charge in [0.05, 0.1) is 18.7 Å². The van der Waals surface area contributed by atoms with Gasteiger partial charge in [0.15, 0.2) is 0 Å². The van der Waals surface area contributed by atoms with Gasteiger partial charge in [0.2, 0.25) is 0 Å². The van der Waals surface area contributed by atoms with Crippen molar-refractivity contribution in [2.75, 3.05) is 19.8 Å². The fourth-order valence-electron chi connectivity index (χ4n) is 1.85. The van der Waals surface area contributed by atoms with Gasteiger partial charge in [0, 0.05) is 23.6 Å². The molecule has 4 nitrogen and oxygen atoms in total. The number of hydrogen-bond acceptors (Lipinski definition) is 3. The lowest BCUT2D eigenvalue weighted by molar-refractivity contribution is 0.133. The van der Waals surface area contributed by atoms with Crippen molar-refractivity contribution in [3.8, 4) is 0 Å². The molecule has 0 amide bonds. The molecule has 0 atom stereocenters. The molecule has 1 heterocycles. The molecule has 0 aliphatic heterocycles. The van der Waals surface area contributed by atoms with E-state index in [1.54, 1.807) is 10.6 Å². The first-order chi connectivity index (χ1) is 8.72. The Morgan fingerprint density at radius 3 is 2.83 bits per heavy atom. The summed E-state index contributed by atoms with van der Waals surface area (Å²) in [5, 5.41) is 1.03. The van der Waals surface area contributed by atoms with Crippen LogP contribution >= 0.6 is 15.9 Å². The van der Waals surface area contributed by atoms with E-state index in [1.807, 2.05) is 24.3 Å². The molecule has 96 valence electrons. The minimum Gasteiger partial charge on any atom is -0.378 e. The molecule has 0 unspecified atom stereocenters. The van der Waals surface area contributed by atoms with Gasteiger partial charge in [-0.1, -0.05) is 15.9 Å². The number of rotatable bonds is 5. The average molecular weight is 311 g/mol. The van der Waals surface area contributed by atoms with E-state index in [2.05, 4.69) is 15.9 Å². The summed E-state index contributed by atoms with van der Waals surface area (Å²) in [4.78, 5) is 11.9. The number of benzene rings is 1. The van der Waals surface area contributed by atoms with Crippen LogP contribution in [-0.2, 0) is 11.3 Å². The number of fused-ring (bicyclic) bond motifs is 1. The van der Waals surface area contributed by atoms with Crippen LogP contribution in [0.2, 0.25) is 0 Å².